The van der Waals surface area contributed by atoms with Crippen LogP contribution >= 0.6 is 11.8 Å². The van der Waals surface area contributed by atoms with E-state index in [4.69, 9.17) is 4.74 Å². The first-order chi connectivity index (χ1) is 12.2. The third-order valence-corrected chi connectivity index (χ3v) is 5.16. The first-order valence-electron chi connectivity index (χ1n) is 8.36. The van der Waals surface area contributed by atoms with Gasteiger partial charge in [-0.05, 0) is 48.8 Å². The maximum Gasteiger partial charge on any atom is 0.339 e. The number of hydrogen-bond acceptors (Lipinski definition) is 4. The molecule has 5 heteroatoms. The van der Waals surface area contributed by atoms with Gasteiger partial charge in [-0.25, -0.2) is 4.79 Å². The number of rotatable bonds is 5. The van der Waals surface area contributed by atoms with E-state index in [0.717, 1.165) is 24.2 Å². The van der Waals surface area contributed by atoms with Crippen molar-refractivity contribution >= 4 is 23.6 Å². The van der Waals surface area contributed by atoms with Crippen LogP contribution in [-0.4, -0.2) is 24.7 Å². The number of nitrogens with one attached hydrogen (secondary N) is 1. The lowest BCUT2D eigenvalue weighted by Gasteiger charge is -2.26. The molecular formula is C20H21NO3S. The number of hydrogen-bond donors (Lipinski definition) is 1. The van der Waals surface area contributed by atoms with Crippen molar-refractivity contribution in [3.63, 3.8) is 0 Å². The molecule has 0 fully saturated rings. The molecular weight excluding hydrogens is 334 g/mol. The van der Waals surface area contributed by atoms with Crippen LogP contribution in [0.15, 0.2) is 53.4 Å². The standard InChI is InChI=1S/C20H21NO3S/c1-25-18-12-5-4-10-16(18)20(23)24-13-19(22)21-17-11-6-8-14-7-2-3-9-15(14)17/h2-5,7,9-10,12,17H,6,8,11,13H2,1H3,(H,21,22)/t17-/m1/s1. The summed E-state index contributed by atoms with van der Waals surface area (Å²) in [6.45, 7) is -0.264. The maximum absolute atomic E-state index is 12.2. The molecule has 130 valence electrons. The van der Waals surface area contributed by atoms with Gasteiger partial charge >= 0.3 is 5.97 Å². The Morgan fingerprint density at radius 3 is 2.76 bits per heavy atom. The molecule has 0 saturated carbocycles. The van der Waals surface area contributed by atoms with Gasteiger partial charge in [0.05, 0.1) is 11.6 Å². The summed E-state index contributed by atoms with van der Waals surface area (Å²) in [5, 5.41) is 2.99. The molecule has 1 atom stereocenters. The second-order valence-electron chi connectivity index (χ2n) is 5.99. The van der Waals surface area contributed by atoms with E-state index >= 15 is 0 Å². The molecule has 1 aliphatic rings. The van der Waals surface area contributed by atoms with Gasteiger partial charge < -0.3 is 10.1 Å². The molecule has 0 bridgehead atoms. The molecule has 0 heterocycles. The van der Waals surface area contributed by atoms with Gasteiger partial charge in [0.1, 0.15) is 0 Å². The third-order valence-electron chi connectivity index (χ3n) is 4.37. The van der Waals surface area contributed by atoms with E-state index in [1.54, 1.807) is 12.1 Å². The van der Waals surface area contributed by atoms with Crippen LogP contribution in [0.3, 0.4) is 0 Å². The fourth-order valence-corrected chi connectivity index (χ4v) is 3.75. The van der Waals surface area contributed by atoms with Crippen molar-refractivity contribution < 1.29 is 14.3 Å². The minimum absolute atomic E-state index is 0.00497. The van der Waals surface area contributed by atoms with Gasteiger partial charge in [-0.2, -0.15) is 0 Å². The Morgan fingerprint density at radius 1 is 1.16 bits per heavy atom. The van der Waals surface area contributed by atoms with Crippen LogP contribution in [0.2, 0.25) is 0 Å². The Morgan fingerprint density at radius 2 is 1.92 bits per heavy atom. The first-order valence-corrected chi connectivity index (χ1v) is 9.59. The highest BCUT2D eigenvalue weighted by atomic mass is 32.2. The molecule has 4 nitrogen and oxygen atoms in total. The number of esters is 1. The molecule has 0 aromatic heterocycles. The molecule has 3 rings (SSSR count). The van der Waals surface area contributed by atoms with Crippen molar-refractivity contribution in [2.45, 2.75) is 30.2 Å². The van der Waals surface area contributed by atoms with Crippen molar-refractivity contribution in [1.82, 2.24) is 5.32 Å². The summed E-state index contributed by atoms with van der Waals surface area (Å²) in [7, 11) is 0. The van der Waals surface area contributed by atoms with Gasteiger partial charge in [0.15, 0.2) is 6.61 Å². The van der Waals surface area contributed by atoms with Crippen molar-refractivity contribution in [3.8, 4) is 0 Å². The predicted octanol–water partition coefficient (Wildman–Crippen LogP) is 3.76. The lowest BCUT2D eigenvalue weighted by Crippen LogP contribution is -2.34. The summed E-state index contributed by atoms with van der Waals surface area (Å²) >= 11 is 1.48. The van der Waals surface area contributed by atoms with E-state index in [1.807, 2.05) is 30.5 Å². The molecule has 1 amide bonds. The molecule has 25 heavy (non-hydrogen) atoms. The van der Waals surface area contributed by atoms with Crippen LogP contribution < -0.4 is 5.32 Å². The molecule has 0 aliphatic heterocycles. The second kappa shape index (κ2) is 8.21. The van der Waals surface area contributed by atoms with Crippen LogP contribution in [0.5, 0.6) is 0 Å². The summed E-state index contributed by atoms with van der Waals surface area (Å²) < 4.78 is 5.20. The normalized spacial score (nSPS) is 16.0. The van der Waals surface area contributed by atoms with Crippen LogP contribution in [0, 0.1) is 0 Å². The SMILES string of the molecule is CSc1ccccc1C(=O)OCC(=O)N[C@@H]1CCCc2ccccc21. The molecule has 0 unspecified atom stereocenters. The fraction of sp³-hybridized carbons (Fsp3) is 0.300. The van der Waals surface area contributed by atoms with E-state index in [1.165, 1.54) is 22.9 Å². The van der Waals surface area contributed by atoms with Gasteiger partial charge in [-0.15, -0.1) is 11.8 Å². The fourth-order valence-electron chi connectivity index (χ4n) is 3.16. The largest absolute Gasteiger partial charge is 0.452 e. The number of carbonyl (C=O) groups excluding carboxylic acids is 2. The number of aryl methyl sites for hydroxylation is 1. The minimum Gasteiger partial charge on any atom is -0.452 e. The number of benzene rings is 2. The molecule has 0 saturated heterocycles. The number of fused-ring (bicyclic) bond motifs is 1. The summed E-state index contributed by atoms with van der Waals surface area (Å²) in [6, 6.07) is 15.4. The number of carbonyl (C=O) groups is 2. The lowest BCUT2D eigenvalue weighted by atomic mass is 9.88. The van der Waals surface area contributed by atoms with E-state index in [9.17, 15) is 9.59 Å². The smallest absolute Gasteiger partial charge is 0.339 e. The highest BCUT2D eigenvalue weighted by Gasteiger charge is 2.22. The van der Waals surface area contributed by atoms with Crippen molar-refractivity contribution in [2.75, 3.05) is 12.9 Å². The van der Waals surface area contributed by atoms with Crippen LogP contribution in [0.25, 0.3) is 0 Å². The molecule has 0 radical (unpaired) electrons. The Hall–Kier alpha value is -2.27. The van der Waals surface area contributed by atoms with Gasteiger partial charge in [0.25, 0.3) is 5.91 Å². The molecule has 0 spiro atoms. The topological polar surface area (TPSA) is 55.4 Å². The minimum atomic E-state index is -0.468. The summed E-state index contributed by atoms with van der Waals surface area (Å²) in [5.41, 5.74) is 2.94. The van der Waals surface area contributed by atoms with Crippen LogP contribution in [0.4, 0.5) is 0 Å². The highest BCUT2D eigenvalue weighted by molar-refractivity contribution is 7.98. The first kappa shape index (κ1) is 17.5. The van der Waals surface area contributed by atoms with Gasteiger partial charge in [0, 0.05) is 4.90 Å². The van der Waals surface area contributed by atoms with Crippen molar-refractivity contribution in [1.29, 1.82) is 0 Å². The Balaban J connectivity index is 1.58. The number of amides is 1. The average molecular weight is 355 g/mol. The number of thioether (sulfide) groups is 1. The van der Waals surface area contributed by atoms with Gasteiger partial charge in [0.2, 0.25) is 0 Å². The van der Waals surface area contributed by atoms with E-state index < -0.39 is 5.97 Å². The summed E-state index contributed by atoms with van der Waals surface area (Å²) in [4.78, 5) is 25.3. The number of ether oxygens (including phenoxy) is 1. The van der Waals surface area contributed by atoms with E-state index in [0.29, 0.717) is 5.56 Å². The molecule has 1 N–H and O–H groups in total. The monoisotopic (exact) mass is 355 g/mol. The average Bonchev–Trinajstić information content (AvgIpc) is 2.66. The summed E-state index contributed by atoms with van der Waals surface area (Å²) in [5.74, 6) is -0.735. The van der Waals surface area contributed by atoms with E-state index in [-0.39, 0.29) is 18.6 Å². The van der Waals surface area contributed by atoms with Crippen molar-refractivity contribution in [3.05, 3.63) is 65.2 Å². The molecule has 2 aromatic carbocycles. The highest BCUT2D eigenvalue weighted by Crippen LogP contribution is 2.29. The molecule has 1 aliphatic carbocycles. The zero-order valence-corrected chi connectivity index (χ0v) is 15.0. The maximum atomic E-state index is 12.2. The van der Waals surface area contributed by atoms with Crippen LogP contribution in [0.1, 0.15) is 40.4 Å². The lowest BCUT2D eigenvalue weighted by molar-refractivity contribution is -0.125. The molecule has 2 aromatic rings. The third kappa shape index (κ3) is 4.23. The van der Waals surface area contributed by atoms with Gasteiger partial charge in [-0.1, -0.05) is 36.4 Å². The zero-order valence-electron chi connectivity index (χ0n) is 14.2. The Kier molecular flexibility index (Phi) is 5.76. The Bertz CT molecular complexity index is 775. The van der Waals surface area contributed by atoms with Crippen molar-refractivity contribution in [2.24, 2.45) is 0 Å². The Labute approximate surface area is 152 Å². The van der Waals surface area contributed by atoms with Crippen LogP contribution in [-0.2, 0) is 16.0 Å². The summed E-state index contributed by atoms with van der Waals surface area (Å²) in [6.07, 6.45) is 4.90. The van der Waals surface area contributed by atoms with E-state index in [2.05, 4.69) is 17.4 Å². The van der Waals surface area contributed by atoms with Gasteiger partial charge in [-0.3, -0.25) is 4.79 Å². The predicted molar refractivity (Wildman–Crippen MR) is 98.8 cm³/mol. The zero-order chi connectivity index (χ0) is 17.6. The second-order valence-corrected chi connectivity index (χ2v) is 6.84. The quantitative estimate of drug-likeness (QED) is 0.655.